The van der Waals surface area contributed by atoms with Gasteiger partial charge in [0.15, 0.2) is 5.13 Å². The molecule has 2 aromatic carbocycles. The SMILES string of the molecule is CCCCOc1cccc(C(=O)N(CCN(C)C)c2nc3ccc(C)cc3s2)c1.Cl. The topological polar surface area (TPSA) is 45.7 Å². The molecule has 0 saturated heterocycles. The molecular weight excluding hydrogens is 418 g/mol. The molecule has 0 saturated carbocycles. The smallest absolute Gasteiger partial charge is 0.260 e. The Morgan fingerprint density at radius 3 is 2.67 bits per heavy atom. The Labute approximate surface area is 189 Å². The number of hydrogen-bond donors (Lipinski definition) is 0. The molecule has 3 aromatic rings. The number of carbonyl (C=O) groups is 1. The van der Waals surface area contributed by atoms with Gasteiger partial charge in [0.25, 0.3) is 5.91 Å². The van der Waals surface area contributed by atoms with Gasteiger partial charge in [0.1, 0.15) is 5.75 Å². The Morgan fingerprint density at radius 1 is 1.13 bits per heavy atom. The summed E-state index contributed by atoms with van der Waals surface area (Å²) in [5.74, 6) is 0.681. The van der Waals surface area contributed by atoms with E-state index in [0.717, 1.165) is 40.5 Å². The summed E-state index contributed by atoms with van der Waals surface area (Å²) in [6.07, 6.45) is 2.08. The van der Waals surface area contributed by atoms with E-state index in [1.54, 1.807) is 16.2 Å². The largest absolute Gasteiger partial charge is 0.494 e. The highest BCUT2D eigenvalue weighted by atomic mass is 35.5. The van der Waals surface area contributed by atoms with E-state index in [1.165, 1.54) is 5.56 Å². The second kappa shape index (κ2) is 11.3. The van der Waals surface area contributed by atoms with E-state index in [4.69, 9.17) is 9.72 Å². The first-order valence-corrected chi connectivity index (χ1v) is 10.9. The summed E-state index contributed by atoms with van der Waals surface area (Å²) in [6.45, 7) is 6.19. The lowest BCUT2D eigenvalue weighted by Gasteiger charge is -2.22. The second-order valence-corrected chi connectivity index (χ2v) is 8.47. The van der Waals surface area contributed by atoms with Crippen LogP contribution in [0.15, 0.2) is 42.5 Å². The molecule has 162 valence electrons. The van der Waals surface area contributed by atoms with Gasteiger partial charge in [0.05, 0.1) is 16.8 Å². The van der Waals surface area contributed by atoms with E-state index in [2.05, 4.69) is 30.9 Å². The number of rotatable bonds is 9. The number of anilines is 1. The van der Waals surface area contributed by atoms with Gasteiger partial charge in [0, 0.05) is 18.7 Å². The highest BCUT2D eigenvalue weighted by Gasteiger charge is 2.22. The maximum absolute atomic E-state index is 13.4. The third kappa shape index (κ3) is 6.17. The van der Waals surface area contributed by atoms with E-state index in [1.807, 2.05) is 44.4 Å². The summed E-state index contributed by atoms with van der Waals surface area (Å²) in [5.41, 5.74) is 2.74. The third-order valence-electron chi connectivity index (χ3n) is 4.63. The Bertz CT molecular complexity index is 974. The minimum absolute atomic E-state index is 0. The zero-order valence-electron chi connectivity index (χ0n) is 18.1. The average molecular weight is 448 g/mol. The lowest BCUT2D eigenvalue weighted by molar-refractivity contribution is 0.0984. The highest BCUT2D eigenvalue weighted by molar-refractivity contribution is 7.22. The standard InChI is InChI=1S/C23H29N3O2S.ClH/c1-5-6-14-28-19-9-7-8-18(16-19)22(27)26(13-12-25(3)4)23-24-20-11-10-17(2)15-21(20)29-23;/h7-11,15-16H,5-6,12-14H2,1-4H3;1H. The minimum Gasteiger partial charge on any atom is -0.494 e. The van der Waals surface area contributed by atoms with Gasteiger partial charge >= 0.3 is 0 Å². The quantitative estimate of drug-likeness (QED) is 0.411. The molecular formula is C23H30ClN3O2S. The molecule has 0 atom stereocenters. The Morgan fingerprint density at radius 2 is 1.93 bits per heavy atom. The van der Waals surface area contributed by atoms with E-state index in [9.17, 15) is 4.79 Å². The molecule has 0 aliphatic heterocycles. The summed E-state index contributed by atoms with van der Waals surface area (Å²) >= 11 is 1.56. The van der Waals surface area contributed by atoms with Crippen LogP contribution < -0.4 is 9.64 Å². The molecule has 30 heavy (non-hydrogen) atoms. The Balaban J connectivity index is 0.00000320. The number of benzene rings is 2. The predicted molar refractivity (Wildman–Crippen MR) is 129 cm³/mol. The number of ether oxygens (including phenoxy) is 1. The molecule has 0 aliphatic rings. The van der Waals surface area contributed by atoms with E-state index in [-0.39, 0.29) is 18.3 Å². The molecule has 0 radical (unpaired) electrons. The number of fused-ring (bicyclic) bond motifs is 1. The Hall–Kier alpha value is -2.15. The summed E-state index contributed by atoms with van der Waals surface area (Å²) in [7, 11) is 4.01. The Kier molecular flexibility index (Phi) is 9.08. The van der Waals surface area contributed by atoms with Crippen molar-refractivity contribution in [2.24, 2.45) is 0 Å². The van der Waals surface area contributed by atoms with Crippen LogP contribution in [0.4, 0.5) is 5.13 Å². The van der Waals surface area contributed by atoms with Crippen molar-refractivity contribution in [3.63, 3.8) is 0 Å². The summed E-state index contributed by atoms with van der Waals surface area (Å²) in [4.78, 5) is 22.0. The first-order chi connectivity index (χ1) is 14.0. The van der Waals surface area contributed by atoms with Crippen LogP contribution in [0.25, 0.3) is 10.2 Å². The average Bonchev–Trinajstić information content (AvgIpc) is 3.11. The summed E-state index contributed by atoms with van der Waals surface area (Å²) < 4.78 is 6.89. The van der Waals surface area contributed by atoms with Gasteiger partial charge in [-0.15, -0.1) is 12.4 Å². The highest BCUT2D eigenvalue weighted by Crippen LogP contribution is 2.30. The van der Waals surface area contributed by atoms with Gasteiger partial charge in [0.2, 0.25) is 0 Å². The van der Waals surface area contributed by atoms with Crippen molar-refractivity contribution in [1.29, 1.82) is 0 Å². The zero-order valence-corrected chi connectivity index (χ0v) is 19.7. The molecule has 0 aliphatic carbocycles. The lowest BCUT2D eigenvalue weighted by atomic mass is 10.2. The van der Waals surface area contributed by atoms with Crippen LogP contribution in [0, 0.1) is 6.92 Å². The minimum atomic E-state index is -0.0523. The number of unbranched alkanes of at least 4 members (excludes halogenated alkanes) is 1. The zero-order chi connectivity index (χ0) is 20.8. The van der Waals surface area contributed by atoms with Crippen molar-refractivity contribution in [3.05, 3.63) is 53.6 Å². The van der Waals surface area contributed by atoms with E-state index < -0.39 is 0 Å². The van der Waals surface area contributed by atoms with Gasteiger partial charge in [-0.1, -0.05) is 36.8 Å². The van der Waals surface area contributed by atoms with Crippen molar-refractivity contribution < 1.29 is 9.53 Å². The van der Waals surface area contributed by atoms with Crippen molar-refractivity contribution in [1.82, 2.24) is 9.88 Å². The molecule has 0 N–H and O–H groups in total. The molecule has 1 heterocycles. The van der Waals surface area contributed by atoms with Crippen molar-refractivity contribution in [3.8, 4) is 5.75 Å². The van der Waals surface area contributed by atoms with Crippen LogP contribution in [0.5, 0.6) is 5.75 Å². The number of aryl methyl sites for hydroxylation is 1. The van der Waals surface area contributed by atoms with Crippen LogP contribution in [0.3, 0.4) is 0 Å². The first kappa shape index (κ1) is 24.1. The van der Waals surface area contributed by atoms with Gasteiger partial charge < -0.3 is 9.64 Å². The van der Waals surface area contributed by atoms with Crippen molar-refractivity contribution in [2.75, 3.05) is 38.7 Å². The molecule has 1 aromatic heterocycles. The fourth-order valence-electron chi connectivity index (χ4n) is 2.93. The van der Waals surface area contributed by atoms with Crippen LogP contribution in [0.1, 0.15) is 35.7 Å². The molecule has 1 amide bonds. The number of halogens is 1. The normalized spacial score (nSPS) is 10.8. The van der Waals surface area contributed by atoms with E-state index in [0.29, 0.717) is 18.7 Å². The third-order valence-corrected chi connectivity index (χ3v) is 5.67. The number of aromatic nitrogens is 1. The molecule has 7 heteroatoms. The number of hydrogen-bond acceptors (Lipinski definition) is 5. The van der Waals surface area contributed by atoms with Gasteiger partial charge in [-0.2, -0.15) is 0 Å². The number of thiazole rings is 1. The summed E-state index contributed by atoms with van der Waals surface area (Å²) in [6, 6.07) is 13.6. The monoisotopic (exact) mass is 447 g/mol. The molecule has 5 nitrogen and oxygen atoms in total. The number of amides is 1. The maximum atomic E-state index is 13.4. The predicted octanol–water partition coefficient (Wildman–Crippen LogP) is 5.41. The number of nitrogens with zero attached hydrogens (tertiary/aromatic N) is 3. The van der Waals surface area contributed by atoms with Crippen LogP contribution >= 0.6 is 23.7 Å². The van der Waals surface area contributed by atoms with Gasteiger partial charge in [-0.25, -0.2) is 4.98 Å². The van der Waals surface area contributed by atoms with Crippen molar-refractivity contribution in [2.45, 2.75) is 26.7 Å². The second-order valence-electron chi connectivity index (χ2n) is 7.46. The molecule has 3 rings (SSSR count). The van der Waals surface area contributed by atoms with Crippen LogP contribution in [-0.2, 0) is 0 Å². The van der Waals surface area contributed by atoms with Gasteiger partial charge in [-0.3, -0.25) is 9.69 Å². The summed E-state index contributed by atoms with van der Waals surface area (Å²) in [5, 5.41) is 0.731. The lowest BCUT2D eigenvalue weighted by Crippen LogP contribution is -2.36. The molecule has 0 spiro atoms. The fourth-order valence-corrected chi connectivity index (χ4v) is 4.02. The maximum Gasteiger partial charge on any atom is 0.260 e. The number of carbonyl (C=O) groups excluding carboxylic acids is 1. The first-order valence-electron chi connectivity index (χ1n) is 10.0. The van der Waals surface area contributed by atoms with E-state index >= 15 is 0 Å². The fraction of sp³-hybridized carbons (Fsp3) is 0.391. The molecule has 0 bridgehead atoms. The number of likely N-dealkylation sites (N-methyl/N-ethyl adjacent to an activating group) is 1. The van der Waals surface area contributed by atoms with Crippen LogP contribution in [0.2, 0.25) is 0 Å². The van der Waals surface area contributed by atoms with Crippen molar-refractivity contribution >= 4 is 45.0 Å². The van der Waals surface area contributed by atoms with Crippen LogP contribution in [-0.4, -0.2) is 49.6 Å². The molecule has 0 fully saturated rings. The van der Waals surface area contributed by atoms with Gasteiger partial charge in [-0.05, 0) is 63.3 Å². The molecule has 0 unspecified atom stereocenters.